The molecule has 0 saturated carbocycles. The van der Waals surface area contributed by atoms with Gasteiger partial charge in [0.1, 0.15) is 11.4 Å². The molecular weight excluding hydrogens is 367 g/mol. The molecule has 3 amide bonds. The van der Waals surface area contributed by atoms with Crippen LogP contribution in [0.1, 0.15) is 45.2 Å². The molecule has 1 N–H and O–H groups in total. The number of hydrogen-bond donors (Lipinski definition) is 1. The Labute approximate surface area is 163 Å². The predicted molar refractivity (Wildman–Crippen MR) is 99.3 cm³/mol. The number of nitrogens with zero attached hydrogens (tertiary/aromatic N) is 3. The van der Waals surface area contributed by atoms with E-state index in [-0.39, 0.29) is 18.4 Å². The van der Waals surface area contributed by atoms with Gasteiger partial charge in [-0.1, -0.05) is 0 Å². The van der Waals surface area contributed by atoms with E-state index in [0.717, 1.165) is 0 Å². The van der Waals surface area contributed by atoms with Crippen molar-refractivity contribution in [3.8, 4) is 0 Å². The summed E-state index contributed by atoms with van der Waals surface area (Å²) in [7, 11) is 0. The maximum atomic E-state index is 14.7. The molecule has 0 aromatic carbocycles. The first-order valence-corrected chi connectivity index (χ1v) is 9.36. The maximum absolute atomic E-state index is 14.7. The molecule has 28 heavy (non-hydrogen) atoms. The topological polar surface area (TPSA) is 91.8 Å². The number of anilines is 1. The van der Waals surface area contributed by atoms with Crippen molar-refractivity contribution in [2.45, 2.75) is 45.1 Å². The summed E-state index contributed by atoms with van der Waals surface area (Å²) >= 11 is 0. The summed E-state index contributed by atoms with van der Waals surface area (Å²) in [4.78, 5) is 43.0. The maximum Gasteiger partial charge on any atom is 0.410 e. The van der Waals surface area contributed by atoms with Gasteiger partial charge >= 0.3 is 6.09 Å². The van der Waals surface area contributed by atoms with Crippen LogP contribution in [0.15, 0.2) is 12.3 Å². The number of imide groups is 1. The monoisotopic (exact) mass is 392 g/mol. The fourth-order valence-corrected chi connectivity index (χ4v) is 3.29. The lowest BCUT2D eigenvalue weighted by atomic mass is 9.94. The summed E-state index contributed by atoms with van der Waals surface area (Å²) in [5.74, 6) is -1.85. The molecule has 2 saturated heterocycles. The first kappa shape index (κ1) is 20.0. The summed E-state index contributed by atoms with van der Waals surface area (Å²) in [5.41, 5.74) is 0.0920. The lowest BCUT2D eigenvalue weighted by Gasteiger charge is -2.36. The van der Waals surface area contributed by atoms with Crippen LogP contribution in [0, 0.1) is 5.82 Å². The molecule has 9 heteroatoms. The smallest absolute Gasteiger partial charge is 0.410 e. The van der Waals surface area contributed by atoms with Crippen LogP contribution in [-0.2, 0) is 14.3 Å². The van der Waals surface area contributed by atoms with E-state index in [4.69, 9.17) is 4.74 Å². The molecule has 0 radical (unpaired) electrons. The molecule has 0 spiro atoms. The molecule has 1 atom stereocenters. The molecule has 152 valence electrons. The minimum Gasteiger partial charge on any atom is -0.444 e. The van der Waals surface area contributed by atoms with Crippen LogP contribution in [0.3, 0.4) is 0 Å². The number of halogens is 1. The van der Waals surface area contributed by atoms with Crippen molar-refractivity contribution in [2.24, 2.45) is 0 Å². The van der Waals surface area contributed by atoms with Gasteiger partial charge in [0.25, 0.3) is 0 Å². The van der Waals surface area contributed by atoms with Crippen molar-refractivity contribution < 1.29 is 23.5 Å². The van der Waals surface area contributed by atoms with E-state index in [0.29, 0.717) is 44.0 Å². The van der Waals surface area contributed by atoms with E-state index < -0.39 is 23.2 Å². The van der Waals surface area contributed by atoms with Gasteiger partial charge in [0.15, 0.2) is 0 Å². The van der Waals surface area contributed by atoms with E-state index in [1.807, 2.05) is 25.7 Å². The average Bonchev–Trinajstić information content (AvgIpc) is 2.60. The molecule has 2 aliphatic heterocycles. The third-order valence-corrected chi connectivity index (χ3v) is 4.72. The second kappa shape index (κ2) is 7.73. The number of aromatic nitrogens is 1. The number of ether oxygens (including phenoxy) is 1. The molecule has 0 aliphatic carbocycles. The molecule has 1 aromatic rings. The molecule has 1 aromatic heterocycles. The average molecular weight is 392 g/mol. The van der Waals surface area contributed by atoms with Gasteiger partial charge in [-0.2, -0.15) is 0 Å². The van der Waals surface area contributed by atoms with Crippen LogP contribution >= 0.6 is 0 Å². The minimum atomic E-state index is -0.620. The SMILES string of the molecule is CC(C)(C)OC(=O)N1CCN(c2cnc(C3CCC(=O)NC3=O)cc2F)CC1. The first-order valence-electron chi connectivity index (χ1n) is 9.36. The van der Waals surface area contributed by atoms with Crippen molar-refractivity contribution in [2.75, 3.05) is 31.1 Å². The van der Waals surface area contributed by atoms with Gasteiger partial charge in [0.05, 0.1) is 23.5 Å². The van der Waals surface area contributed by atoms with Gasteiger partial charge in [0.2, 0.25) is 11.8 Å². The Kier molecular flexibility index (Phi) is 5.53. The number of carbonyl (C=O) groups is 3. The number of pyridine rings is 1. The summed E-state index contributed by atoms with van der Waals surface area (Å²) in [6.07, 6.45) is 1.58. The zero-order valence-electron chi connectivity index (χ0n) is 16.3. The Balaban J connectivity index is 1.63. The quantitative estimate of drug-likeness (QED) is 0.772. The number of amides is 3. The number of piperazine rings is 1. The van der Waals surface area contributed by atoms with Gasteiger partial charge in [0, 0.05) is 32.6 Å². The number of rotatable bonds is 2. The molecule has 0 bridgehead atoms. The fourth-order valence-electron chi connectivity index (χ4n) is 3.29. The lowest BCUT2D eigenvalue weighted by molar-refractivity contribution is -0.134. The minimum absolute atomic E-state index is 0.216. The zero-order chi connectivity index (χ0) is 20.5. The fraction of sp³-hybridized carbons (Fsp3) is 0.579. The number of piperidine rings is 1. The molecule has 2 aliphatic rings. The van der Waals surface area contributed by atoms with Crippen LogP contribution < -0.4 is 10.2 Å². The van der Waals surface area contributed by atoms with Crippen molar-refractivity contribution in [1.29, 1.82) is 0 Å². The van der Waals surface area contributed by atoms with Crippen LogP contribution in [0.2, 0.25) is 0 Å². The second-order valence-electron chi connectivity index (χ2n) is 8.02. The largest absolute Gasteiger partial charge is 0.444 e. The highest BCUT2D eigenvalue weighted by Crippen LogP contribution is 2.27. The van der Waals surface area contributed by atoms with Gasteiger partial charge < -0.3 is 14.5 Å². The predicted octanol–water partition coefficient (Wildman–Crippen LogP) is 1.80. The van der Waals surface area contributed by atoms with Crippen molar-refractivity contribution in [3.63, 3.8) is 0 Å². The van der Waals surface area contributed by atoms with Crippen molar-refractivity contribution in [3.05, 3.63) is 23.8 Å². The van der Waals surface area contributed by atoms with E-state index in [1.165, 1.54) is 12.3 Å². The first-order chi connectivity index (χ1) is 13.1. The molecular formula is C19H25FN4O4. The van der Waals surface area contributed by atoms with Gasteiger partial charge in [-0.25, -0.2) is 9.18 Å². The Morgan fingerprint density at radius 1 is 1.25 bits per heavy atom. The second-order valence-corrected chi connectivity index (χ2v) is 8.02. The molecule has 3 heterocycles. The van der Waals surface area contributed by atoms with Crippen molar-refractivity contribution in [1.82, 2.24) is 15.2 Å². The molecule has 8 nitrogen and oxygen atoms in total. The molecule has 2 fully saturated rings. The van der Waals surface area contributed by atoms with Crippen molar-refractivity contribution >= 4 is 23.6 Å². The van der Waals surface area contributed by atoms with Crippen LogP contribution in [0.5, 0.6) is 0 Å². The highest BCUT2D eigenvalue weighted by atomic mass is 19.1. The summed E-state index contributed by atoms with van der Waals surface area (Å²) in [6.45, 7) is 7.18. The number of hydrogen-bond acceptors (Lipinski definition) is 6. The Hall–Kier alpha value is -2.71. The van der Waals surface area contributed by atoms with Crippen LogP contribution in [-0.4, -0.2) is 59.6 Å². The summed E-state index contributed by atoms with van der Waals surface area (Å²) in [6, 6.07) is 1.26. The van der Waals surface area contributed by atoms with E-state index in [9.17, 15) is 18.8 Å². The van der Waals surface area contributed by atoms with Crippen LogP contribution in [0.25, 0.3) is 0 Å². The van der Waals surface area contributed by atoms with E-state index in [2.05, 4.69) is 10.3 Å². The lowest BCUT2D eigenvalue weighted by Crippen LogP contribution is -2.50. The zero-order valence-corrected chi connectivity index (χ0v) is 16.3. The third-order valence-electron chi connectivity index (χ3n) is 4.72. The normalized spacial score (nSPS) is 20.8. The number of nitrogens with one attached hydrogen (secondary N) is 1. The summed E-state index contributed by atoms with van der Waals surface area (Å²) in [5, 5.41) is 2.26. The Bertz CT molecular complexity index is 785. The van der Waals surface area contributed by atoms with Gasteiger partial charge in [-0.15, -0.1) is 0 Å². The van der Waals surface area contributed by atoms with E-state index in [1.54, 1.807) is 4.90 Å². The third kappa shape index (κ3) is 4.58. The van der Waals surface area contributed by atoms with E-state index >= 15 is 0 Å². The standard InChI is InChI=1S/C19H25FN4O4/c1-19(2,3)28-18(27)24-8-6-23(7-9-24)15-11-21-14(10-13(15)20)12-4-5-16(25)22-17(12)26/h10-12H,4-9H2,1-3H3,(H,22,25,26). The highest BCUT2D eigenvalue weighted by molar-refractivity contribution is 6.00. The molecule has 1 unspecified atom stereocenters. The number of carbonyl (C=O) groups excluding carboxylic acids is 3. The molecule has 3 rings (SSSR count). The highest BCUT2D eigenvalue weighted by Gasteiger charge is 2.31. The summed E-state index contributed by atoms with van der Waals surface area (Å²) < 4.78 is 20.0. The Morgan fingerprint density at radius 3 is 2.50 bits per heavy atom. The Morgan fingerprint density at radius 2 is 1.93 bits per heavy atom. The van der Waals surface area contributed by atoms with Gasteiger partial charge in [-0.05, 0) is 33.3 Å². The van der Waals surface area contributed by atoms with Crippen LogP contribution in [0.4, 0.5) is 14.9 Å². The van der Waals surface area contributed by atoms with Gasteiger partial charge in [-0.3, -0.25) is 19.9 Å².